The summed E-state index contributed by atoms with van der Waals surface area (Å²) in [5.41, 5.74) is 6.40. The molecule has 0 aliphatic rings. The highest BCUT2D eigenvalue weighted by atomic mass is 32.2. The van der Waals surface area contributed by atoms with Crippen molar-refractivity contribution in [2.45, 2.75) is 4.90 Å². The maximum absolute atomic E-state index is 12.7. The molecule has 0 unspecified atom stereocenters. The van der Waals surface area contributed by atoms with Crippen molar-refractivity contribution >= 4 is 15.7 Å². The molecular weight excluding hydrogens is 284 g/mol. The van der Waals surface area contributed by atoms with Crippen molar-refractivity contribution in [3.05, 3.63) is 60.2 Å². The van der Waals surface area contributed by atoms with E-state index in [1.807, 2.05) is 6.07 Å². The summed E-state index contributed by atoms with van der Waals surface area (Å²) in [5, 5.41) is 0. The predicted octanol–water partition coefficient (Wildman–Crippen LogP) is 1.82. The molecule has 0 aliphatic heterocycles. The maximum Gasteiger partial charge on any atom is 0.265 e. The molecule has 2 aromatic carbocycles. The summed E-state index contributed by atoms with van der Waals surface area (Å²) >= 11 is 0. The number of nitrogens with zero attached hydrogens (tertiary/aromatic N) is 1. The lowest BCUT2D eigenvalue weighted by Gasteiger charge is -2.20. The minimum absolute atomic E-state index is 0.178. The molecule has 2 aromatic rings. The highest BCUT2D eigenvalue weighted by Gasteiger charge is 2.23. The summed E-state index contributed by atoms with van der Waals surface area (Å²) in [6.45, 7) is 0.183. The maximum atomic E-state index is 12.7. The van der Waals surface area contributed by atoms with E-state index in [-0.39, 0.29) is 11.4 Å². The van der Waals surface area contributed by atoms with Crippen molar-refractivity contribution < 1.29 is 8.42 Å². The van der Waals surface area contributed by atoms with Crippen LogP contribution in [0, 0.1) is 11.8 Å². The molecule has 21 heavy (non-hydrogen) atoms. The Morgan fingerprint density at radius 3 is 2.33 bits per heavy atom. The molecule has 108 valence electrons. The molecule has 0 aliphatic carbocycles. The van der Waals surface area contributed by atoms with Gasteiger partial charge in [0.25, 0.3) is 10.0 Å². The fourth-order valence-electron chi connectivity index (χ4n) is 1.87. The molecule has 2 N–H and O–H groups in total. The molecule has 0 spiro atoms. The third-order valence-electron chi connectivity index (χ3n) is 2.97. The van der Waals surface area contributed by atoms with Crippen molar-refractivity contribution in [3.8, 4) is 11.8 Å². The van der Waals surface area contributed by atoms with Gasteiger partial charge in [-0.2, -0.15) is 0 Å². The number of benzene rings is 2. The summed E-state index contributed by atoms with van der Waals surface area (Å²) in [5.74, 6) is 5.50. The molecule has 0 saturated heterocycles. The van der Waals surface area contributed by atoms with Crippen LogP contribution in [-0.2, 0) is 10.0 Å². The summed E-state index contributed by atoms with van der Waals surface area (Å²) < 4.78 is 26.7. The fourth-order valence-corrected chi connectivity index (χ4v) is 3.21. The first-order valence-corrected chi connectivity index (χ1v) is 7.83. The van der Waals surface area contributed by atoms with Crippen molar-refractivity contribution in [1.82, 2.24) is 0 Å². The summed E-state index contributed by atoms with van der Waals surface area (Å²) in [6, 6.07) is 15.6. The summed E-state index contributed by atoms with van der Waals surface area (Å²) in [6.07, 6.45) is 0. The van der Waals surface area contributed by atoms with Crippen LogP contribution in [0.15, 0.2) is 59.5 Å². The molecule has 0 heterocycles. The van der Waals surface area contributed by atoms with Crippen molar-refractivity contribution in [1.29, 1.82) is 0 Å². The first-order chi connectivity index (χ1) is 10.1. The zero-order chi connectivity index (χ0) is 15.3. The summed E-state index contributed by atoms with van der Waals surface area (Å²) in [4.78, 5) is 0.178. The van der Waals surface area contributed by atoms with E-state index in [1.165, 1.54) is 11.4 Å². The SMILES string of the molecule is CN(c1ccccc1)S(=O)(=O)c1ccccc1C#CCN. The van der Waals surface area contributed by atoms with Gasteiger partial charge in [0.2, 0.25) is 0 Å². The van der Waals surface area contributed by atoms with E-state index in [9.17, 15) is 8.42 Å². The number of hydrogen-bond donors (Lipinski definition) is 1. The van der Waals surface area contributed by atoms with Gasteiger partial charge in [-0.25, -0.2) is 8.42 Å². The van der Waals surface area contributed by atoms with Crippen LogP contribution in [0.1, 0.15) is 5.56 Å². The van der Waals surface area contributed by atoms with Crippen LogP contribution in [0.5, 0.6) is 0 Å². The standard InChI is InChI=1S/C16H16N2O2S/c1-18(15-10-3-2-4-11-15)21(19,20)16-12-6-5-8-14(16)9-7-13-17/h2-6,8,10-12H,13,17H2,1H3. The van der Waals surface area contributed by atoms with Crippen molar-refractivity contribution in [3.63, 3.8) is 0 Å². The van der Waals surface area contributed by atoms with Gasteiger partial charge in [-0.1, -0.05) is 42.2 Å². The highest BCUT2D eigenvalue weighted by molar-refractivity contribution is 7.92. The Morgan fingerprint density at radius 2 is 1.67 bits per heavy atom. The Kier molecular flexibility index (Phi) is 4.63. The van der Waals surface area contributed by atoms with Gasteiger partial charge in [0.1, 0.15) is 4.90 Å². The van der Waals surface area contributed by atoms with Gasteiger partial charge in [-0.3, -0.25) is 4.31 Å². The molecule has 0 saturated carbocycles. The van der Waals surface area contributed by atoms with E-state index in [1.54, 1.807) is 48.5 Å². The molecule has 0 bridgehead atoms. The lowest BCUT2D eigenvalue weighted by Crippen LogP contribution is -2.27. The van der Waals surface area contributed by atoms with Crippen LogP contribution < -0.4 is 10.0 Å². The van der Waals surface area contributed by atoms with Gasteiger partial charge in [0.15, 0.2) is 0 Å². The van der Waals surface area contributed by atoms with E-state index < -0.39 is 10.0 Å². The minimum atomic E-state index is -3.66. The molecule has 0 amide bonds. The molecule has 2 rings (SSSR count). The third kappa shape index (κ3) is 3.24. The van der Waals surface area contributed by atoms with E-state index in [2.05, 4.69) is 11.8 Å². The average Bonchev–Trinajstić information content (AvgIpc) is 2.53. The predicted molar refractivity (Wildman–Crippen MR) is 84.4 cm³/mol. The van der Waals surface area contributed by atoms with Gasteiger partial charge in [0, 0.05) is 12.6 Å². The monoisotopic (exact) mass is 300 g/mol. The number of anilines is 1. The largest absolute Gasteiger partial charge is 0.320 e. The van der Waals surface area contributed by atoms with E-state index >= 15 is 0 Å². The quantitative estimate of drug-likeness (QED) is 0.880. The van der Waals surface area contributed by atoms with Gasteiger partial charge in [-0.15, -0.1) is 0 Å². The zero-order valence-electron chi connectivity index (χ0n) is 11.7. The Labute approximate surface area is 125 Å². The number of sulfonamides is 1. The highest BCUT2D eigenvalue weighted by Crippen LogP contribution is 2.23. The third-order valence-corrected chi connectivity index (χ3v) is 4.81. The topological polar surface area (TPSA) is 63.4 Å². The zero-order valence-corrected chi connectivity index (χ0v) is 12.5. The summed E-state index contributed by atoms with van der Waals surface area (Å²) in [7, 11) is -2.14. The normalized spacial score (nSPS) is 10.6. The van der Waals surface area contributed by atoms with Crippen LogP contribution >= 0.6 is 0 Å². The van der Waals surface area contributed by atoms with Crippen molar-refractivity contribution in [2.24, 2.45) is 5.73 Å². The van der Waals surface area contributed by atoms with Gasteiger partial charge in [0.05, 0.1) is 12.2 Å². The minimum Gasteiger partial charge on any atom is -0.320 e. The van der Waals surface area contributed by atoms with Crippen LogP contribution in [0.25, 0.3) is 0 Å². The molecule has 0 fully saturated rings. The molecule has 5 heteroatoms. The lowest BCUT2D eigenvalue weighted by atomic mass is 10.2. The molecule has 4 nitrogen and oxygen atoms in total. The molecule has 0 atom stereocenters. The van der Waals surface area contributed by atoms with Crippen LogP contribution in [0.4, 0.5) is 5.69 Å². The molecular formula is C16H16N2O2S. The van der Waals surface area contributed by atoms with Crippen molar-refractivity contribution in [2.75, 3.05) is 17.9 Å². The Hall–Kier alpha value is -2.29. The van der Waals surface area contributed by atoms with Crippen LogP contribution in [0.3, 0.4) is 0 Å². The second kappa shape index (κ2) is 6.44. The first kappa shape index (κ1) is 15.1. The lowest BCUT2D eigenvalue weighted by molar-refractivity contribution is 0.594. The smallest absolute Gasteiger partial charge is 0.265 e. The number of para-hydroxylation sites is 1. The molecule has 0 aromatic heterocycles. The van der Waals surface area contributed by atoms with E-state index in [4.69, 9.17) is 5.73 Å². The van der Waals surface area contributed by atoms with E-state index in [0.29, 0.717) is 11.3 Å². The second-order valence-electron chi connectivity index (χ2n) is 4.31. The first-order valence-electron chi connectivity index (χ1n) is 6.39. The Bertz CT molecular complexity index is 775. The van der Waals surface area contributed by atoms with Crippen LogP contribution in [-0.4, -0.2) is 22.0 Å². The molecule has 0 radical (unpaired) electrons. The Balaban J connectivity index is 2.50. The fraction of sp³-hybridized carbons (Fsp3) is 0.125. The van der Waals surface area contributed by atoms with Gasteiger partial charge < -0.3 is 5.73 Å². The Morgan fingerprint density at radius 1 is 1.05 bits per heavy atom. The average molecular weight is 300 g/mol. The van der Waals surface area contributed by atoms with Crippen LogP contribution in [0.2, 0.25) is 0 Å². The number of nitrogens with two attached hydrogens (primary N) is 1. The number of rotatable bonds is 3. The number of hydrogen-bond acceptors (Lipinski definition) is 3. The van der Waals surface area contributed by atoms with Gasteiger partial charge in [-0.05, 0) is 24.3 Å². The van der Waals surface area contributed by atoms with Gasteiger partial charge >= 0.3 is 0 Å². The second-order valence-corrected chi connectivity index (χ2v) is 6.25. The van der Waals surface area contributed by atoms with E-state index in [0.717, 1.165) is 0 Å².